The number of methoxy groups -OCH3 is 1. The monoisotopic (exact) mass is 342 g/mol. The summed E-state index contributed by atoms with van der Waals surface area (Å²) in [6, 6.07) is 4.43. The van der Waals surface area contributed by atoms with Gasteiger partial charge in [-0.05, 0) is 36.8 Å². The summed E-state index contributed by atoms with van der Waals surface area (Å²) in [7, 11) is 1.50. The van der Waals surface area contributed by atoms with E-state index >= 15 is 0 Å². The normalized spacial score (nSPS) is 17.1. The maximum Gasteiger partial charge on any atom is 0.414 e. The number of carbonyl (C=O) groups is 1. The largest absolute Gasteiger partial charge is 0.490 e. The third-order valence-corrected chi connectivity index (χ3v) is 3.83. The van der Waals surface area contributed by atoms with Crippen LogP contribution in [0.1, 0.15) is 12.8 Å². The lowest BCUT2D eigenvalue weighted by molar-refractivity contribution is 0.137. The van der Waals surface area contributed by atoms with Crippen molar-refractivity contribution in [3.63, 3.8) is 0 Å². The average Bonchev–Trinajstić information content (AvgIpc) is 2.92. The van der Waals surface area contributed by atoms with Gasteiger partial charge in [-0.15, -0.1) is 0 Å². The summed E-state index contributed by atoms with van der Waals surface area (Å²) in [6.07, 6.45) is 0.281. The van der Waals surface area contributed by atoms with E-state index in [0.717, 1.165) is 0 Å². The molecule has 0 saturated carbocycles. The van der Waals surface area contributed by atoms with Gasteiger partial charge in [0.25, 0.3) is 0 Å². The Bertz CT molecular complexity index is 585. The molecule has 1 saturated heterocycles. The minimum atomic E-state index is -0.506. The van der Waals surface area contributed by atoms with Gasteiger partial charge < -0.3 is 19.9 Å². The molecule has 0 bridgehead atoms. The number of benzene rings is 1. The Labute approximate surface area is 139 Å². The lowest BCUT2D eigenvalue weighted by atomic mass is 10.2. The molecule has 8 heteroatoms. The smallest absolute Gasteiger partial charge is 0.414 e. The summed E-state index contributed by atoms with van der Waals surface area (Å²) in [5.74, 6) is -0.493. The molecule has 0 aromatic heterocycles. The van der Waals surface area contributed by atoms with Crippen molar-refractivity contribution in [3.05, 3.63) is 24.0 Å². The molecule has 1 aromatic carbocycles. The number of hydrogen-bond donors (Lipinski definition) is 2. The van der Waals surface area contributed by atoms with Crippen LogP contribution in [0.15, 0.2) is 18.2 Å². The van der Waals surface area contributed by atoms with Crippen LogP contribution in [0.25, 0.3) is 0 Å². The second-order valence-corrected chi connectivity index (χ2v) is 5.50. The lowest BCUT2D eigenvalue weighted by Gasteiger charge is -2.15. The first-order valence-corrected chi connectivity index (χ1v) is 7.65. The van der Waals surface area contributed by atoms with E-state index in [2.05, 4.69) is 5.32 Å². The summed E-state index contributed by atoms with van der Waals surface area (Å²) in [6.45, 7) is 0.502. The summed E-state index contributed by atoms with van der Waals surface area (Å²) in [5.41, 5.74) is 0.705. The Morgan fingerprint density at radius 1 is 1.61 bits per heavy atom. The number of cyclic esters (lactones) is 1. The van der Waals surface area contributed by atoms with E-state index in [9.17, 15) is 9.18 Å². The van der Waals surface area contributed by atoms with Crippen molar-refractivity contribution in [3.8, 4) is 0 Å². The van der Waals surface area contributed by atoms with E-state index in [1.54, 1.807) is 6.07 Å². The molecule has 0 radical (unpaired) electrons. The van der Waals surface area contributed by atoms with E-state index < -0.39 is 11.9 Å². The number of halogens is 1. The zero-order valence-corrected chi connectivity index (χ0v) is 13.6. The Morgan fingerprint density at radius 3 is 3.04 bits per heavy atom. The molecule has 2 rings (SSSR count). The first-order chi connectivity index (χ1) is 11.0. The van der Waals surface area contributed by atoms with Gasteiger partial charge in [0.15, 0.2) is 5.05 Å². The molecule has 1 aliphatic rings. The van der Waals surface area contributed by atoms with Gasteiger partial charge in [-0.1, -0.05) is 0 Å². The molecule has 1 atom stereocenters. The summed E-state index contributed by atoms with van der Waals surface area (Å²) in [4.78, 5) is 13.3. The third-order valence-electron chi connectivity index (χ3n) is 3.46. The van der Waals surface area contributed by atoms with Gasteiger partial charge in [-0.25, -0.2) is 9.18 Å². The fraction of sp³-hybridized carbons (Fsp3) is 0.467. The second kappa shape index (κ2) is 8.07. The highest BCUT2D eigenvalue weighted by atomic mass is 32.1. The number of thiocarbonyl (C=S) groups is 1. The van der Waals surface area contributed by atoms with E-state index in [1.165, 1.54) is 24.1 Å². The van der Waals surface area contributed by atoms with Crippen LogP contribution in [-0.2, 0) is 9.47 Å². The molecule has 1 fully saturated rings. The predicted molar refractivity (Wildman–Crippen MR) is 88.4 cm³/mol. The van der Waals surface area contributed by atoms with Gasteiger partial charge >= 0.3 is 6.09 Å². The number of amides is 1. The fourth-order valence-electron chi connectivity index (χ4n) is 2.27. The van der Waals surface area contributed by atoms with Crippen LogP contribution in [0.4, 0.5) is 20.6 Å². The van der Waals surface area contributed by atoms with Crippen molar-refractivity contribution in [1.29, 1.82) is 0 Å². The standard InChI is InChI=1S/C15H19FN2O4S/c1-21-14(23)5-3-11-9-18(15(20)22-11)10-2-4-13(12(16)8-10)17-6-7-19/h2,4,8,11,17,19H,3,5-7,9H2,1H3/t11-/m0/s1. The van der Waals surface area contributed by atoms with Gasteiger partial charge in [0.2, 0.25) is 0 Å². The molecule has 0 spiro atoms. The Morgan fingerprint density at radius 2 is 2.39 bits per heavy atom. The quantitative estimate of drug-likeness (QED) is 0.741. The highest BCUT2D eigenvalue weighted by Crippen LogP contribution is 2.27. The third kappa shape index (κ3) is 4.52. The molecular weight excluding hydrogens is 323 g/mol. The molecule has 0 unspecified atom stereocenters. The SMILES string of the molecule is COC(=S)CC[C@H]1CN(c2ccc(NCCO)c(F)c2)C(=O)O1. The number of rotatable bonds is 7. The van der Waals surface area contributed by atoms with Crippen molar-refractivity contribution in [1.82, 2.24) is 0 Å². The maximum atomic E-state index is 14.0. The fourth-order valence-corrected chi connectivity index (χ4v) is 2.39. The van der Waals surface area contributed by atoms with E-state index in [4.69, 9.17) is 26.8 Å². The number of nitrogens with one attached hydrogen (secondary N) is 1. The number of carbonyl (C=O) groups excluding carboxylic acids is 1. The molecule has 2 N–H and O–H groups in total. The minimum absolute atomic E-state index is 0.0926. The minimum Gasteiger partial charge on any atom is -0.490 e. The van der Waals surface area contributed by atoms with Crippen molar-refractivity contribution >= 4 is 34.7 Å². The Hall–Kier alpha value is -1.93. The zero-order valence-electron chi connectivity index (χ0n) is 12.8. The predicted octanol–water partition coefficient (Wildman–Crippen LogP) is 2.31. The summed E-state index contributed by atoms with van der Waals surface area (Å²) < 4.78 is 24.2. The number of aliphatic hydroxyl groups is 1. The van der Waals surface area contributed by atoms with E-state index in [0.29, 0.717) is 30.1 Å². The molecule has 23 heavy (non-hydrogen) atoms. The van der Waals surface area contributed by atoms with Crippen LogP contribution < -0.4 is 10.2 Å². The highest BCUT2D eigenvalue weighted by molar-refractivity contribution is 7.80. The lowest BCUT2D eigenvalue weighted by Crippen LogP contribution is -2.24. The first kappa shape index (κ1) is 17.4. The van der Waals surface area contributed by atoms with Crippen LogP contribution in [0.3, 0.4) is 0 Å². The topological polar surface area (TPSA) is 71.0 Å². The van der Waals surface area contributed by atoms with Crippen LogP contribution >= 0.6 is 12.2 Å². The number of ether oxygens (including phenoxy) is 2. The van der Waals surface area contributed by atoms with Crippen molar-refractivity contribution in [2.75, 3.05) is 37.0 Å². The second-order valence-electron chi connectivity index (χ2n) is 5.05. The zero-order chi connectivity index (χ0) is 16.8. The van der Waals surface area contributed by atoms with Gasteiger partial charge in [0.05, 0.1) is 31.6 Å². The number of anilines is 2. The molecule has 1 amide bonds. The molecule has 6 nitrogen and oxygen atoms in total. The molecule has 1 aliphatic heterocycles. The van der Waals surface area contributed by atoms with Gasteiger partial charge in [-0.3, -0.25) is 4.90 Å². The van der Waals surface area contributed by atoms with Gasteiger partial charge in [-0.2, -0.15) is 0 Å². The molecule has 1 heterocycles. The van der Waals surface area contributed by atoms with Gasteiger partial charge in [0, 0.05) is 13.0 Å². The first-order valence-electron chi connectivity index (χ1n) is 7.24. The summed E-state index contributed by atoms with van der Waals surface area (Å²) >= 11 is 4.96. The molecular formula is C15H19FN2O4S. The average molecular weight is 342 g/mol. The Kier molecular flexibility index (Phi) is 6.12. The van der Waals surface area contributed by atoms with Crippen LogP contribution in [0, 0.1) is 5.82 Å². The molecule has 1 aromatic rings. The van der Waals surface area contributed by atoms with Crippen molar-refractivity contribution in [2.45, 2.75) is 18.9 Å². The number of aliphatic hydroxyl groups excluding tert-OH is 1. The molecule has 126 valence electrons. The Balaban J connectivity index is 2.00. The van der Waals surface area contributed by atoms with Crippen molar-refractivity contribution in [2.24, 2.45) is 0 Å². The maximum absolute atomic E-state index is 14.0. The van der Waals surface area contributed by atoms with E-state index in [-0.39, 0.29) is 24.9 Å². The number of nitrogens with zero attached hydrogens (tertiary/aromatic N) is 1. The summed E-state index contributed by atoms with van der Waals surface area (Å²) in [5, 5.41) is 12.0. The van der Waals surface area contributed by atoms with Crippen LogP contribution in [0.5, 0.6) is 0 Å². The van der Waals surface area contributed by atoms with Crippen LogP contribution in [0.2, 0.25) is 0 Å². The van der Waals surface area contributed by atoms with Crippen molar-refractivity contribution < 1.29 is 23.8 Å². The number of hydrogen-bond acceptors (Lipinski definition) is 6. The molecule has 0 aliphatic carbocycles. The van der Waals surface area contributed by atoms with E-state index in [1.807, 2.05) is 0 Å². The highest BCUT2D eigenvalue weighted by Gasteiger charge is 2.32. The van der Waals surface area contributed by atoms with Gasteiger partial charge in [0.1, 0.15) is 11.9 Å². The van der Waals surface area contributed by atoms with Crippen LogP contribution in [-0.4, -0.2) is 49.2 Å².